The van der Waals surface area contributed by atoms with E-state index < -0.39 is 6.10 Å². The minimum atomic E-state index is -0.760. The molecule has 1 unspecified atom stereocenters. The van der Waals surface area contributed by atoms with Crippen LogP contribution in [-0.4, -0.2) is 22.6 Å². The Hall–Kier alpha value is -1.65. The average Bonchev–Trinajstić information content (AvgIpc) is 3.21. The summed E-state index contributed by atoms with van der Waals surface area (Å²) in [5.41, 5.74) is 0.381. The Kier molecular flexibility index (Phi) is 4.36. The Morgan fingerprint density at radius 3 is 2.71 bits per heavy atom. The highest BCUT2D eigenvalue weighted by molar-refractivity contribution is 5.19. The number of hydrogen-bond donors (Lipinski definition) is 1. The van der Waals surface area contributed by atoms with Gasteiger partial charge in [0.1, 0.15) is 11.6 Å². The van der Waals surface area contributed by atoms with E-state index in [0.29, 0.717) is 18.0 Å². The third kappa shape index (κ3) is 3.71. The zero-order chi connectivity index (χ0) is 14.7. The zero-order valence-corrected chi connectivity index (χ0v) is 11.9. The van der Waals surface area contributed by atoms with Crippen molar-refractivity contribution in [3.05, 3.63) is 59.8 Å². The number of halogens is 1. The predicted octanol–water partition coefficient (Wildman–Crippen LogP) is 3.51. The van der Waals surface area contributed by atoms with Gasteiger partial charge in [-0.3, -0.25) is 4.90 Å². The molecular weight excluding hydrogens is 269 g/mol. The highest BCUT2D eigenvalue weighted by atomic mass is 19.1. The summed E-state index contributed by atoms with van der Waals surface area (Å²) in [6.45, 7) is 1.49. The Morgan fingerprint density at radius 1 is 1.24 bits per heavy atom. The first kappa shape index (κ1) is 14.3. The number of aliphatic hydroxyl groups is 1. The second-order valence-corrected chi connectivity index (χ2v) is 5.61. The summed E-state index contributed by atoms with van der Waals surface area (Å²) in [6, 6.07) is 10.8. The van der Waals surface area contributed by atoms with E-state index in [4.69, 9.17) is 4.42 Å². The fraction of sp³-hybridized carbons (Fsp3) is 0.412. The van der Waals surface area contributed by atoms with E-state index in [1.54, 1.807) is 24.5 Å². The van der Waals surface area contributed by atoms with Crippen LogP contribution in [0, 0.1) is 5.82 Å². The molecule has 0 amide bonds. The lowest BCUT2D eigenvalue weighted by Crippen LogP contribution is -2.27. The fourth-order valence-electron chi connectivity index (χ4n) is 2.62. The van der Waals surface area contributed by atoms with Crippen LogP contribution in [0.3, 0.4) is 0 Å². The molecule has 0 spiro atoms. The molecular formula is C17H20FNO2. The van der Waals surface area contributed by atoms with Crippen molar-refractivity contribution in [2.45, 2.75) is 38.0 Å². The van der Waals surface area contributed by atoms with Crippen molar-refractivity contribution in [2.75, 3.05) is 6.54 Å². The molecule has 21 heavy (non-hydrogen) atoms. The van der Waals surface area contributed by atoms with Crippen molar-refractivity contribution in [1.82, 2.24) is 4.90 Å². The molecule has 3 rings (SSSR count). The van der Waals surface area contributed by atoms with Gasteiger partial charge in [-0.2, -0.15) is 0 Å². The average molecular weight is 289 g/mol. The Bertz CT molecular complexity index is 566. The molecule has 112 valence electrons. The van der Waals surface area contributed by atoms with Crippen LogP contribution in [0.2, 0.25) is 0 Å². The van der Waals surface area contributed by atoms with Crippen LogP contribution in [0.25, 0.3) is 0 Å². The Labute approximate surface area is 124 Å². The second-order valence-electron chi connectivity index (χ2n) is 5.61. The van der Waals surface area contributed by atoms with Crippen LogP contribution in [0.1, 0.15) is 36.7 Å². The van der Waals surface area contributed by atoms with E-state index in [9.17, 15) is 9.50 Å². The number of furan rings is 1. The summed E-state index contributed by atoms with van der Waals surface area (Å²) in [4.78, 5) is 2.31. The van der Waals surface area contributed by atoms with Crippen molar-refractivity contribution in [1.29, 1.82) is 0 Å². The van der Waals surface area contributed by atoms with E-state index in [2.05, 4.69) is 4.90 Å². The van der Waals surface area contributed by atoms with Crippen molar-refractivity contribution in [3.63, 3.8) is 0 Å². The molecule has 4 heteroatoms. The first-order valence-electron chi connectivity index (χ1n) is 7.43. The summed E-state index contributed by atoms with van der Waals surface area (Å²) in [5, 5.41) is 10.2. The monoisotopic (exact) mass is 289 g/mol. The molecule has 2 aromatic rings. The predicted molar refractivity (Wildman–Crippen MR) is 78.1 cm³/mol. The number of hydrogen-bond acceptors (Lipinski definition) is 3. The molecule has 1 heterocycles. The van der Waals surface area contributed by atoms with Crippen LogP contribution in [0.5, 0.6) is 0 Å². The zero-order valence-electron chi connectivity index (χ0n) is 11.9. The third-order valence-corrected chi connectivity index (χ3v) is 3.96. The van der Waals surface area contributed by atoms with E-state index in [-0.39, 0.29) is 5.82 Å². The van der Waals surface area contributed by atoms with Gasteiger partial charge in [0.15, 0.2) is 0 Å². The molecule has 0 aliphatic heterocycles. The van der Waals surface area contributed by atoms with E-state index >= 15 is 0 Å². The Morgan fingerprint density at radius 2 is 2.05 bits per heavy atom. The summed E-state index contributed by atoms with van der Waals surface area (Å²) < 4.78 is 19.0. The van der Waals surface area contributed by atoms with Crippen LogP contribution < -0.4 is 0 Å². The third-order valence-electron chi connectivity index (χ3n) is 3.96. The lowest BCUT2D eigenvalue weighted by atomic mass is 10.1. The van der Waals surface area contributed by atoms with Crippen molar-refractivity contribution in [3.8, 4) is 0 Å². The number of rotatable bonds is 7. The minimum absolute atomic E-state index is 0.339. The van der Waals surface area contributed by atoms with Gasteiger partial charge in [-0.05, 0) is 37.5 Å². The quantitative estimate of drug-likeness (QED) is 0.847. The molecule has 1 N–H and O–H groups in total. The van der Waals surface area contributed by atoms with Crippen molar-refractivity contribution in [2.24, 2.45) is 0 Å². The van der Waals surface area contributed by atoms with E-state index in [1.165, 1.54) is 18.9 Å². The number of nitrogens with zero attached hydrogens (tertiary/aromatic N) is 1. The van der Waals surface area contributed by atoms with Gasteiger partial charge in [0.2, 0.25) is 0 Å². The van der Waals surface area contributed by atoms with Gasteiger partial charge >= 0.3 is 0 Å². The molecule has 0 saturated heterocycles. The lowest BCUT2D eigenvalue weighted by Gasteiger charge is -2.22. The summed E-state index contributed by atoms with van der Waals surface area (Å²) in [6.07, 6.45) is 3.82. The highest BCUT2D eigenvalue weighted by Gasteiger charge is 2.29. The first-order chi connectivity index (χ1) is 10.2. The van der Waals surface area contributed by atoms with Crippen molar-refractivity contribution < 1.29 is 13.9 Å². The maximum atomic E-state index is 13.7. The van der Waals surface area contributed by atoms with Gasteiger partial charge in [-0.1, -0.05) is 18.2 Å². The molecule has 1 fully saturated rings. The molecule has 3 nitrogen and oxygen atoms in total. The van der Waals surface area contributed by atoms with Gasteiger partial charge in [-0.15, -0.1) is 0 Å². The second kappa shape index (κ2) is 6.41. The normalized spacial score (nSPS) is 16.3. The van der Waals surface area contributed by atoms with Gasteiger partial charge in [0.25, 0.3) is 0 Å². The lowest BCUT2D eigenvalue weighted by molar-refractivity contribution is 0.130. The summed E-state index contributed by atoms with van der Waals surface area (Å²) in [5.74, 6) is 0.594. The van der Waals surface area contributed by atoms with E-state index in [1.807, 2.05) is 12.1 Å². The minimum Gasteiger partial charge on any atom is -0.468 e. The molecule has 0 radical (unpaired) electrons. The first-order valence-corrected chi connectivity index (χ1v) is 7.43. The maximum Gasteiger partial charge on any atom is 0.128 e. The van der Waals surface area contributed by atoms with Gasteiger partial charge in [-0.25, -0.2) is 4.39 Å². The number of benzene rings is 1. The molecule has 1 aromatic heterocycles. The standard InChI is InChI=1S/C17H20FNO2/c18-16-6-2-1-5-15(16)17(20)9-10-19(13-7-8-13)12-14-4-3-11-21-14/h1-6,11,13,17,20H,7-10,12H2. The molecule has 1 atom stereocenters. The van der Waals surface area contributed by atoms with Crippen LogP contribution in [-0.2, 0) is 6.54 Å². The fourth-order valence-corrected chi connectivity index (χ4v) is 2.62. The van der Waals surface area contributed by atoms with Gasteiger partial charge in [0.05, 0.1) is 18.9 Å². The molecule has 1 aliphatic rings. The highest BCUT2D eigenvalue weighted by Crippen LogP contribution is 2.30. The number of aliphatic hydroxyl groups excluding tert-OH is 1. The maximum absolute atomic E-state index is 13.7. The van der Waals surface area contributed by atoms with Gasteiger partial charge < -0.3 is 9.52 Å². The largest absolute Gasteiger partial charge is 0.468 e. The molecule has 1 aromatic carbocycles. The Balaban J connectivity index is 1.58. The SMILES string of the molecule is OC(CCN(Cc1ccco1)C1CC1)c1ccccc1F. The van der Waals surface area contributed by atoms with Crippen molar-refractivity contribution >= 4 is 0 Å². The van der Waals surface area contributed by atoms with Crippen LogP contribution in [0.4, 0.5) is 4.39 Å². The molecule has 1 saturated carbocycles. The summed E-state index contributed by atoms with van der Waals surface area (Å²) in [7, 11) is 0. The van der Waals surface area contributed by atoms with E-state index in [0.717, 1.165) is 18.8 Å². The van der Waals surface area contributed by atoms with Gasteiger partial charge in [0, 0.05) is 18.2 Å². The van der Waals surface area contributed by atoms with Crippen LogP contribution in [0.15, 0.2) is 47.1 Å². The molecule has 0 bridgehead atoms. The van der Waals surface area contributed by atoms with Crippen LogP contribution >= 0.6 is 0 Å². The summed E-state index contributed by atoms with van der Waals surface area (Å²) >= 11 is 0. The molecule has 1 aliphatic carbocycles. The smallest absolute Gasteiger partial charge is 0.128 e. The topological polar surface area (TPSA) is 36.6 Å².